The third kappa shape index (κ3) is 1.98. The number of nitrogens with one attached hydrogen (secondary N) is 1. The summed E-state index contributed by atoms with van der Waals surface area (Å²) in [6.07, 6.45) is 0. The summed E-state index contributed by atoms with van der Waals surface area (Å²) in [7, 11) is 0. The van der Waals surface area contributed by atoms with Gasteiger partial charge in [0.15, 0.2) is 0 Å². The number of hydrogen-bond acceptors (Lipinski definition) is 2. The minimum absolute atomic E-state index is 0.215. The van der Waals surface area contributed by atoms with E-state index in [9.17, 15) is 8.78 Å². The van der Waals surface area contributed by atoms with Crippen LogP contribution in [0, 0.1) is 5.41 Å². The summed E-state index contributed by atoms with van der Waals surface area (Å²) in [5.74, 6) is -2.55. The molecule has 2 nitrogen and oxygen atoms in total. The Hall–Kier alpha value is -1.45. The Kier molecular flexibility index (Phi) is 2.21. The molecule has 1 aliphatic heterocycles. The van der Waals surface area contributed by atoms with Gasteiger partial charge in [0.1, 0.15) is 0 Å². The van der Waals surface area contributed by atoms with Crippen molar-refractivity contribution in [1.82, 2.24) is 0 Å². The van der Waals surface area contributed by atoms with Gasteiger partial charge < -0.3 is 10.3 Å². The Morgan fingerprint density at radius 3 is 2.60 bits per heavy atom. The largest absolute Gasteiger partial charge is 0.359 e. The lowest BCUT2D eigenvalue weighted by atomic mass is 10.1. The smallest absolute Gasteiger partial charge is 0.282 e. The van der Waals surface area contributed by atoms with Crippen molar-refractivity contribution in [2.45, 2.75) is 12.8 Å². The molecule has 15 heavy (non-hydrogen) atoms. The maximum atomic E-state index is 12.6. The summed E-state index contributed by atoms with van der Waals surface area (Å²) in [6.45, 7) is 1.25. The Balaban J connectivity index is 2.17. The fourth-order valence-electron chi connectivity index (χ4n) is 1.63. The standard InChI is InChI=1S/C11H12F2N2/c1-8(14)9-3-2-4-10(5-9)15-6-11(12,13)7-15/h2-5,14H,6-7H2,1H3. The summed E-state index contributed by atoms with van der Waals surface area (Å²) in [4.78, 5) is 1.62. The van der Waals surface area contributed by atoms with Crippen molar-refractivity contribution in [3.63, 3.8) is 0 Å². The Morgan fingerprint density at radius 2 is 2.07 bits per heavy atom. The van der Waals surface area contributed by atoms with Crippen molar-refractivity contribution < 1.29 is 8.78 Å². The van der Waals surface area contributed by atoms with Crippen LogP contribution in [0.2, 0.25) is 0 Å². The van der Waals surface area contributed by atoms with Crippen LogP contribution in [0.3, 0.4) is 0 Å². The van der Waals surface area contributed by atoms with Gasteiger partial charge in [-0.2, -0.15) is 0 Å². The van der Waals surface area contributed by atoms with Gasteiger partial charge in [-0.25, -0.2) is 8.78 Å². The molecule has 0 radical (unpaired) electrons. The average Bonchev–Trinajstić information content (AvgIpc) is 2.14. The molecule has 1 aromatic rings. The highest BCUT2D eigenvalue weighted by molar-refractivity contribution is 5.97. The first-order valence-electron chi connectivity index (χ1n) is 4.76. The highest BCUT2D eigenvalue weighted by atomic mass is 19.3. The van der Waals surface area contributed by atoms with E-state index in [2.05, 4.69) is 0 Å². The Bertz CT molecular complexity index is 393. The molecule has 0 spiro atoms. The molecule has 4 heteroatoms. The maximum absolute atomic E-state index is 12.6. The first-order chi connectivity index (χ1) is 6.98. The van der Waals surface area contributed by atoms with Crippen LogP contribution in [0.4, 0.5) is 14.5 Å². The molecule has 0 amide bonds. The van der Waals surface area contributed by atoms with Gasteiger partial charge in [0.05, 0.1) is 13.1 Å². The number of nitrogens with zero attached hydrogens (tertiary/aromatic N) is 1. The van der Waals surface area contributed by atoms with Gasteiger partial charge in [-0.3, -0.25) is 0 Å². The Labute approximate surface area is 87.0 Å². The highest BCUT2D eigenvalue weighted by Crippen LogP contribution is 2.31. The molecule has 0 unspecified atom stereocenters. The lowest BCUT2D eigenvalue weighted by Gasteiger charge is -2.40. The SMILES string of the molecule is CC(=N)c1cccc(N2CC(F)(F)C2)c1. The fourth-order valence-corrected chi connectivity index (χ4v) is 1.63. The van der Waals surface area contributed by atoms with E-state index in [1.54, 1.807) is 30.0 Å². The molecule has 0 atom stereocenters. The van der Waals surface area contributed by atoms with Crippen molar-refractivity contribution in [2.75, 3.05) is 18.0 Å². The molecule has 1 heterocycles. The van der Waals surface area contributed by atoms with Gasteiger partial charge in [-0.1, -0.05) is 12.1 Å². The zero-order chi connectivity index (χ0) is 11.1. The van der Waals surface area contributed by atoms with Crippen LogP contribution < -0.4 is 4.90 Å². The van der Waals surface area contributed by atoms with E-state index in [4.69, 9.17) is 5.41 Å². The predicted molar refractivity (Wildman–Crippen MR) is 56.1 cm³/mol. The van der Waals surface area contributed by atoms with Crippen LogP contribution in [-0.2, 0) is 0 Å². The minimum atomic E-state index is -2.55. The van der Waals surface area contributed by atoms with Gasteiger partial charge in [0, 0.05) is 11.4 Å². The molecular formula is C11H12F2N2. The summed E-state index contributed by atoms with van der Waals surface area (Å²) in [5.41, 5.74) is 2.00. The van der Waals surface area contributed by atoms with Crippen molar-refractivity contribution in [1.29, 1.82) is 5.41 Å². The van der Waals surface area contributed by atoms with Crippen molar-refractivity contribution in [2.24, 2.45) is 0 Å². The first-order valence-corrected chi connectivity index (χ1v) is 4.76. The van der Waals surface area contributed by atoms with Crippen LogP contribution in [-0.4, -0.2) is 24.7 Å². The molecule has 1 aliphatic rings. The van der Waals surface area contributed by atoms with E-state index < -0.39 is 5.92 Å². The average molecular weight is 210 g/mol. The molecule has 1 N–H and O–H groups in total. The molecule has 0 bridgehead atoms. The zero-order valence-electron chi connectivity index (χ0n) is 8.43. The van der Waals surface area contributed by atoms with Gasteiger partial charge in [0.2, 0.25) is 0 Å². The van der Waals surface area contributed by atoms with Crippen LogP contribution in [0.1, 0.15) is 12.5 Å². The molecule has 1 aromatic carbocycles. The Morgan fingerprint density at radius 1 is 1.40 bits per heavy atom. The molecule has 0 aliphatic carbocycles. The molecule has 80 valence electrons. The van der Waals surface area contributed by atoms with Gasteiger partial charge >= 0.3 is 0 Å². The van der Waals surface area contributed by atoms with E-state index in [-0.39, 0.29) is 13.1 Å². The summed E-state index contributed by atoms with van der Waals surface area (Å²) in [6, 6.07) is 7.17. The van der Waals surface area contributed by atoms with Crippen molar-refractivity contribution in [3.8, 4) is 0 Å². The minimum Gasteiger partial charge on any atom is -0.359 e. The topological polar surface area (TPSA) is 27.1 Å². The quantitative estimate of drug-likeness (QED) is 0.746. The monoisotopic (exact) mass is 210 g/mol. The second-order valence-corrected chi connectivity index (χ2v) is 3.89. The summed E-state index contributed by atoms with van der Waals surface area (Å²) < 4.78 is 25.3. The van der Waals surface area contributed by atoms with Crippen LogP contribution in [0.15, 0.2) is 24.3 Å². The lowest BCUT2D eigenvalue weighted by Crippen LogP contribution is -2.56. The molecule has 1 saturated heterocycles. The first kappa shape index (κ1) is 10.1. The fraction of sp³-hybridized carbons (Fsp3) is 0.364. The van der Waals surface area contributed by atoms with Crippen LogP contribution >= 0.6 is 0 Å². The predicted octanol–water partition coefficient (Wildman–Crippen LogP) is 2.53. The van der Waals surface area contributed by atoms with Crippen molar-refractivity contribution in [3.05, 3.63) is 29.8 Å². The van der Waals surface area contributed by atoms with E-state index in [0.717, 1.165) is 11.3 Å². The number of halogens is 2. The number of alkyl halides is 2. The van der Waals surface area contributed by atoms with E-state index >= 15 is 0 Å². The maximum Gasteiger partial charge on any atom is 0.282 e. The van der Waals surface area contributed by atoms with E-state index in [0.29, 0.717) is 5.71 Å². The third-order valence-electron chi connectivity index (χ3n) is 2.49. The van der Waals surface area contributed by atoms with Gasteiger partial charge in [-0.05, 0) is 24.6 Å². The van der Waals surface area contributed by atoms with Gasteiger partial charge in [-0.15, -0.1) is 0 Å². The van der Waals surface area contributed by atoms with Gasteiger partial charge in [0.25, 0.3) is 5.92 Å². The molecular weight excluding hydrogens is 198 g/mol. The zero-order valence-corrected chi connectivity index (χ0v) is 8.43. The van der Waals surface area contributed by atoms with Crippen LogP contribution in [0.5, 0.6) is 0 Å². The molecule has 2 rings (SSSR count). The van der Waals surface area contributed by atoms with E-state index in [1.807, 2.05) is 6.07 Å². The number of hydrogen-bond donors (Lipinski definition) is 1. The second-order valence-electron chi connectivity index (χ2n) is 3.89. The number of rotatable bonds is 2. The molecule has 0 aromatic heterocycles. The van der Waals surface area contributed by atoms with Crippen molar-refractivity contribution >= 4 is 11.4 Å². The normalized spacial score (nSPS) is 18.5. The molecule has 1 fully saturated rings. The third-order valence-corrected chi connectivity index (χ3v) is 2.49. The number of anilines is 1. The number of benzene rings is 1. The van der Waals surface area contributed by atoms with E-state index in [1.165, 1.54) is 0 Å². The second kappa shape index (κ2) is 3.29. The summed E-state index contributed by atoms with van der Waals surface area (Å²) in [5, 5.41) is 7.46. The lowest BCUT2D eigenvalue weighted by molar-refractivity contribution is -0.0262. The highest BCUT2D eigenvalue weighted by Gasteiger charge is 2.43. The van der Waals surface area contributed by atoms with Crippen LogP contribution in [0.25, 0.3) is 0 Å². The molecule has 0 saturated carbocycles. The summed E-state index contributed by atoms with van der Waals surface area (Å²) >= 11 is 0.